The summed E-state index contributed by atoms with van der Waals surface area (Å²) in [6.45, 7) is 7.23. The van der Waals surface area contributed by atoms with E-state index >= 15 is 0 Å². The lowest BCUT2D eigenvalue weighted by atomic mass is 10.3. The Bertz CT molecular complexity index is 282. The molecular weight excluding hydrogens is 188 g/mol. The molecule has 3 heteroatoms. The van der Waals surface area contributed by atoms with Crippen LogP contribution >= 0.6 is 0 Å². The van der Waals surface area contributed by atoms with Gasteiger partial charge in [-0.2, -0.15) is 0 Å². The van der Waals surface area contributed by atoms with E-state index in [1.807, 2.05) is 25.1 Å². The number of unbranched alkanes of at least 4 members (excludes halogenated alkanes) is 1. The highest BCUT2D eigenvalue weighted by molar-refractivity contribution is 5.41. The van der Waals surface area contributed by atoms with E-state index in [1.54, 1.807) is 6.20 Å². The van der Waals surface area contributed by atoms with Gasteiger partial charge in [-0.3, -0.25) is 0 Å². The molecular formula is C12H18N2O. The number of allylic oxidation sites excluding steroid dienone is 1. The van der Waals surface area contributed by atoms with Crippen LogP contribution in [0.4, 0.5) is 5.69 Å². The molecule has 0 aromatic carbocycles. The molecule has 0 saturated carbocycles. The van der Waals surface area contributed by atoms with Crippen LogP contribution < -0.4 is 10.1 Å². The summed E-state index contributed by atoms with van der Waals surface area (Å²) in [5.41, 5.74) is 1.03. The zero-order valence-corrected chi connectivity index (χ0v) is 9.20. The number of rotatable bonds is 7. The van der Waals surface area contributed by atoms with E-state index in [-0.39, 0.29) is 0 Å². The van der Waals surface area contributed by atoms with E-state index in [0.29, 0.717) is 12.5 Å². The Hall–Kier alpha value is -1.51. The second-order valence-electron chi connectivity index (χ2n) is 3.18. The number of hydrogen-bond donors (Lipinski definition) is 1. The van der Waals surface area contributed by atoms with E-state index in [2.05, 4.69) is 16.9 Å². The predicted octanol–water partition coefficient (Wildman–Crippen LogP) is 2.86. The van der Waals surface area contributed by atoms with Crippen molar-refractivity contribution in [3.05, 3.63) is 31.0 Å². The van der Waals surface area contributed by atoms with E-state index in [1.165, 1.54) is 0 Å². The number of pyridine rings is 1. The SMILES string of the molecule is C=CCCCNc1ccc(OCC)nc1. The molecule has 0 radical (unpaired) electrons. The maximum atomic E-state index is 5.25. The van der Waals surface area contributed by atoms with E-state index < -0.39 is 0 Å². The van der Waals surface area contributed by atoms with Crippen LogP contribution in [0.5, 0.6) is 5.88 Å². The zero-order valence-electron chi connectivity index (χ0n) is 9.20. The Balaban J connectivity index is 2.32. The second-order valence-corrected chi connectivity index (χ2v) is 3.18. The Morgan fingerprint density at radius 3 is 3.00 bits per heavy atom. The van der Waals surface area contributed by atoms with Crippen LogP contribution in [0.15, 0.2) is 31.0 Å². The van der Waals surface area contributed by atoms with Crippen LogP contribution in [-0.2, 0) is 0 Å². The van der Waals surface area contributed by atoms with Crippen LogP contribution in [0.1, 0.15) is 19.8 Å². The van der Waals surface area contributed by atoms with Crippen molar-refractivity contribution in [2.75, 3.05) is 18.5 Å². The standard InChI is InChI=1S/C12H18N2O/c1-3-5-6-9-13-11-7-8-12(14-10-11)15-4-2/h3,7-8,10,13H,1,4-6,9H2,2H3. The first-order valence-corrected chi connectivity index (χ1v) is 5.30. The summed E-state index contributed by atoms with van der Waals surface area (Å²) in [5.74, 6) is 0.675. The summed E-state index contributed by atoms with van der Waals surface area (Å²) in [6.07, 6.45) is 5.85. The fraction of sp³-hybridized carbons (Fsp3) is 0.417. The quantitative estimate of drug-likeness (QED) is 0.550. The summed E-state index contributed by atoms with van der Waals surface area (Å²) in [6, 6.07) is 3.85. The van der Waals surface area contributed by atoms with Crippen LogP contribution in [-0.4, -0.2) is 18.1 Å². The van der Waals surface area contributed by atoms with Gasteiger partial charge in [0.2, 0.25) is 5.88 Å². The molecule has 3 nitrogen and oxygen atoms in total. The van der Waals surface area contributed by atoms with Gasteiger partial charge in [0, 0.05) is 12.6 Å². The summed E-state index contributed by atoms with van der Waals surface area (Å²) in [4.78, 5) is 4.16. The van der Waals surface area contributed by atoms with Gasteiger partial charge >= 0.3 is 0 Å². The third kappa shape index (κ3) is 4.49. The Morgan fingerprint density at radius 2 is 2.40 bits per heavy atom. The molecule has 0 aliphatic heterocycles. The van der Waals surface area contributed by atoms with Crippen LogP contribution in [0.2, 0.25) is 0 Å². The Morgan fingerprint density at radius 1 is 1.53 bits per heavy atom. The molecule has 1 aromatic heterocycles. The lowest BCUT2D eigenvalue weighted by Gasteiger charge is -2.06. The molecule has 0 unspecified atom stereocenters. The monoisotopic (exact) mass is 206 g/mol. The summed E-state index contributed by atoms with van der Waals surface area (Å²) in [5, 5.41) is 3.28. The predicted molar refractivity (Wildman–Crippen MR) is 63.3 cm³/mol. The van der Waals surface area contributed by atoms with Crippen LogP contribution in [0.25, 0.3) is 0 Å². The number of nitrogens with zero attached hydrogens (tertiary/aromatic N) is 1. The molecule has 1 aromatic rings. The average Bonchev–Trinajstić information content (AvgIpc) is 2.27. The lowest BCUT2D eigenvalue weighted by Crippen LogP contribution is -2.01. The van der Waals surface area contributed by atoms with Gasteiger partial charge in [0.05, 0.1) is 18.5 Å². The highest BCUT2D eigenvalue weighted by Gasteiger charge is 1.94. The van der Waals surface area contributed by atoms with Gasteiger partial charge in [0.1, 0.15) is 0 Å². The number of hydrogen-bond acceptors (Lipinski definition) is 3. The fourth-order valence-corrected chi connectivity index (χ4v) is 1.20. The molecule has 1 rings (SSSR count). The van der Waals surface area contributed by atoms with Gasteiger partial charge in [-0.1, -0.05) is 6.08 Å². The zero-order chi connectivity index (χ0) is 10.9. The minimum Gasteiger partial charge on any atom is -0.478 e. The molecule has 15 heavy (non-hydrogen) atoms. The number of ether oxygens (including phenoxy) is 1. The van der Waals surface area contributed by atoms with Crippen LogP contribution in [0, 0.1) is 0 Å². The van der Waals surface area contributed by atoms with Crippen molar-refractivity contribution < 1.29 is 4.74 Å². The topological polar surface area (TPSA) is 34.1 Å². The molecule has 0 fully saturated rings. The van der Waals surface area contributed by atoms with E-state index in [9.17, 15) is 0 Å². The molecule has 0 aliphatic rings. The molecule has 0 saturated heterocycles. The van der Waals surface area contributed by atoms with Gasteiger partial charge < -0.3 is 10.1 Å². The van der Waals surface area contributed by atoms with Gasteiger partial charge in [0.25, 0.3) is 0 Å². The highest BCUT2D eigenvalue weighted by Crippen LogP contribution is 2.11. The van der Waals surface area contributed by atoms with Crippen molar-refractivity contribution in [1.82, 2.24) is 4.98 Å². The third-order valence-corrected chi connectivity index (χ3v) is 1.94. The lowest BCUT2D eigenvalue weighted by molar-refractivity contribution is 0.327. The first-order chi connectivity index (χ1) is 7.36. The number of aromatic nitrogens is 1. The largest absolute Gasteiger partial charge is 0.478 e. The maximum absolute atomic E-state index is 5.25. The van der Waals surface area contributed by atoms with Gasteiger partial charge in [0.15, 0.2) is 0 Å². The third-order valence-electron chi connectivity index (χ3n) is 1.94. The summed E-state index contributed by atoms with van der Waals surface area (Å²) < 4.78 is 5.25. The first-order valence-electron chi connectivity index (χ1n) is 5.30. The normalized spacial score (nSPS) is 9.67. The molecule has 1 heterocycles. The smallest absolute Gasteiger partial charge is 0.213 e. The first kappa shape index (κ1) is 11.6. The van der Waals surface area contributed by atoms with Crippen molar-refractivity contribution in [3.8, 4) is 5.88 Å². The van der Waals surface area contributed by atoms with E-state index in [4.69, 9.17) is 4.74 Å². The minimum atomic E-state index is 0.652. The van der Waals surface area contributed by atoms with Crippen LogP contribution in [0.3, 0.4) is 0 Å². The highest BCUT2D eigenvalue weighted by atomic mass is 16.5. The Kier molecular flexibility index (Phi) is 5.30. The average molecular weight is 206 g/mol. The second kappa shape index (κ2) is 6.87. The van der Waals surface area contributed by atoms with E-state index in [0.717, 1.165) is 25.1 Å². The molecule has 0 aliphatic carbocycles. The molecule has 0 atom stereocenters. The Labute approximate surface area is 91.2 Å². The summed E-state index contributed by atoms with van der Waals surface area (Å²) in [7, 11) is 0. The van der Waals surface area contributed by atoms with Crippen molar-refractivity contribution >= 4 is 5.69 Å². The van der Waals surface area contributed by atoms with Crippen molar-refractivity contribution in [1.29, 1.82) is 0 Å². The minimum absolute atomic E-state index is 0.652. The molecule has 0 bridgehead atoms. The fourth-order valence-electron chi connectivity index (χ4n) is 1.20. The van der Waals surface area contributed by atoms with Crippen molar-refractivity contribution in [2.45, 2.75) is 19.8 Å². The van der Waals surface area contributed by atoms with Crippen molar-refractivity contribution in [2.24, 2.45) is 0 Å². The van der Waals surface area contributed by atoms with Crippen molar-refractivity contribution in [3.63, 3.8) is 0 Å². The molecule has 0 spiro atoms. The number of nitrogens with one attached hydrogen (secondary N) is 1. The molecule has 1 N–H and O–H groups in total. The molecule has 0 amide bonds. The summed E-state index contributed by atoms with van der Waals surface area (Å²) >= 11 is 0. The van der Waals surface area contributed by atoms with Gasteiger partial charge in [-0.25, -0.2) is 4.98 Å². The molecule has 82 valence electrons. The number of anilines is 1. The van der Waals surface area contributed by atoms with Gasteiger partial charge in [-0.05, 0) is 25.8 Å². The maximum Gasteiger partial charge on any atom is 0.213 e. The van der Waals surface area contributed by atoms with Gasteiger partial charge in [-0.15, -0.1) is 6.58 Å².